The number of rotatable bonds is 6. The van der Waals surface area contributed by atoms with Gasteiger partial charge in [-0.2, -0.15) is 0 Å². The Morgan fingerprint density at radius 2 is 2.09 bits per heavy atom. The van der Waals surface area contributed by atoms with E-state index >= 15 is 0 Å². The minimum atomic E-state index is 1.07. The molecule has 11 heavy (non-hydrogen) atoms. The average molecular weight is 152 g/mol. The Balaban J connectivity index is 3.45. The zero-order chi connectivity index (χ0) is 8.53. The fourth-order valence-corrected chi connectivity index (χ4v) is 1.15. The van der Waals surface area contributed by atoms with Crippen LogP contribution in [-0.2, 0) is 0 Å². The Morgan fingerprint density at radius 3 is 2.55 bits per heavy atom. The van der Waals surface area contributed by atoms with Crippen molar-refractivity contribution in [1.82, 2.24) is 0 Å². The highest BCUT2D eigenvalue weighted by molar-refractivity contribution is 5.04. The van der Waals surface area contributed by atoms with Gasteiger partial charge in [0.15, 0.2) is 0 Å². The summed E-state index contributed by atoms with van der Waals surface area (Å²) in [5, 5.41) is 0. The van der Waals surface area contributed by atoms with Crippen molar-refractivity contribution in [1.29, 1.82) is 0 Å². The molecule has 0 saturated heterocycles. The first kappa shape index (κ1) is 10.5. The molecule has 0 heteroatoms. The average Bonchev–Trinajstić information content (AvgIpc) is 2.03. The standard InChI is InChI=1S/C11H20/c1-4-7-8-10-11(6-3)9-5-2/h5-6H,2,4,7-10H2,1,3H3/b11-6+. The van der Waals surface area contributed by atoms with Gasteiger partial charge in [-0.3, -0.25) is 0 Å². The SMILES string of the molecule is C=CC/C(=C\C)CCCCC. The first-order valence-corrected chi connectivity index (χ1v) is 4.60. The van der Waals surface area contributed by atoms with Gasteiger partial charge in [0.25, 0.3) is 0 Å². The van der Waals surface area contributed by atoms with Crippen molar-refractivity contribution in [3.05, 3.63) is 24.3 Å². The lowest BCUT2D eigenvalue weighted by atomic mass is 10.0. The van der Waals surface area contributed by atoms with E-state index in [-0.39, 0.29) is 0 Å². The predicted octanol–water partition coefficient (Wildman–Crippen LogP) is 4.09. The van der Waals surface area contributed by atoms with Crippen molar-refractivity contribution in [2.75, 3.05) is 0 Å². The van der Waals surface area contributed by atoms with Crippen LogP contribution in [0.1, 0.15) is 46.0 Å². The quantitative estimate of drug-likeness (QED) is 0.397. The summed E-state index contributed by atoms with van der Waals surface area (Å²) in [7, 11) is 0. The highest BCUT2D eigenvalue weighted by atomic mass is 14.0. The van der Waals surface area contributed by atoms with Crippen LogP contribution < -0.4 is 0 Å². The lowest BCUT2D eigenvalue weighted by Gasteiger charge is -2.01. The Hall–Kier alpha value is -0.520. The minimum Gasteiger partial charge on any atom is -0.103 e. The van der Waals surface area contributed by atoms with Gasteiger partial charge in [0, 0.05) is 0 Å². The third-order valence-electron chi connectivity index (χ3n) is 1.92. The second-order valence-electron chi connectivity index (χ2n) is 2.90. The lowest BCUT2D eigenvalue weighted by molar-refractivity contribution is 0.706. The summed E-state index contributed by atoms with van der Waals surface area (Å²) in [6.07, 6.45) is 10.5. The van der Waals surface area contributed by atoms with Gasteiger partial charge in [-0.15, -0.1) is 6.58 Å². The zero-order valence-electron chi connectivity index (χ0n) is 7.90. The molecule has 0 spiro atoms. The summed E-state index contributed by atoms with van der Waals surface area (Å²) in [6.45, 7) is 8.09. The predicted molar refractivity (Wildman–Crippen MR) is 52.7 cm³/mol. The Labute approximate surface area is 71.0 Å². The van der Waals surface area contributed by atoms with Crippen LogP contribution in [0.4, 0.5) is 0 Å². The molecule has 0 aromatic heterocycles. The molecule has 0 aromatic rings. The summed E-state index contributed by atoms with van der Waals surface area (Å²) in [5.74, 6) is 0. The number of hydrogen-bond donors (Lipinski definition) is 0. The minimum absolute atomic E-state index is 1.07. The summed E-state index contributed by atoms with van der Waals surface area (Å²) in [6, 6.07) is 0. The Bertz CT molecular complexity index is 120. The molecular weight excluding hydrogens is 132 g/mol. The van der Waals surface area contributed by atoms with E-state index < -0.39 is 0 Å². The molecule has 64 valence electrons. The van der Waals surface area contributed by atoms with Gasteiger partial charge in [-0.1, -0.05) is 37.5 Å². The van der Waals surface area contributed by atoms with Crippen molar-refractivity contribution < 1.29 is 0 Å². The van der Waals surface area contributed by atoms with E-state index in [1.807, 2.05) is 6.08 Å². The second kappa shape index (κ2) is 7.59. The van der Waals surface area contributed by atoms with Crippen molar-refractivity contribution in [2.45, 2.75) is 46.0 Å². The molecule has 0 rings (SSSR count). The summed E-state index contributed by atoms with van der Waals surface area (Å²) in [5.41, 5.74) is 1.54. The molecule has 0 nitrogen and oxygen atoms in total. The molecule has 0 heterocycles. The topological polar surface area (TPSA) is 0 Å². The van der Waals surface area contributed by atoms with E-state index in [9.17, 15) is 0 Å². The molecule has 0 aliphatic rings. The lowest BCUT2D eigenvalue weighted by Crippen LogP contribution is -1.81. The number of allylic oxidation sites excluding steroid dienone is 3. The summed E-state index contributed by atoms with van der Waals surface area (Å²) in [4.78, 5) is 0. The number of hydrogen-bond acceptors (Lipinski definition) is 0. The van der Waals surface area contributed by atoms with E-state index in [4.69, 9.17) is 0 Å². The van der Waals surface area contributed by atoms with Crippen LogP contribution in [0.25, 0.3) is 0 Å². The van der Waals surface area contributed by atoms with Crippen molar-refractivity contribution in [2.24, 2.45) is 0 Å². The molecule has 0 saturated carbocycles. The van der Waals surface area contributed by atoms with Crippen molar-refractivity contribution in [3.63, 3.8) is 0 Å². The first-order valence-electron chi connectivity index (χ1n) is 4.60. The number of unbranched alkanes of at least 4 members (excludes halogenated alkanes) is 2. The Kier molecular flexibility index (Phi) is 7.23. The molecule has 0 radical (unpaired) electrons. The third kappa shape index (κ3) is 5.90. The summed E-state index contributed by atoms with van der Waals surface area (Å²) >= 11 is 0. The van der Waals surface area contributed by atoms with Gasteiger partial charge < -0.3 is 0 Å². The smallest absolute Gasteiger partial charge is 0.0142 e. The van der Waals surface area contributed by atoms with Gasteiger partial charge in [-0.05, 0) is 26.2 Å². The monoisotopic (exact) mass is 152 g/mol. The van der Waals surface area contributed by atoms with Crippen LogP contribution in [0.2, 0.25) is 0 Å². The maximum absolute atomic E-state index is 3.74. The highest BCUT2D eigenvalue weighted by Gasteiger charge is 1.92. The second-order valence-corrected chi connectivity index (χ2v) is 2.90. The van der Waals surface area contributed by atoms with Crippen LogP contribution >= 0.6 is 0 Å². The van der Waals surface area contributed by atoms with Crippen LogP contribution in [-0.4, -0.2) is 0 Å². The molecular formula is C11H20. The van der Waals surface area contributed by atoms with Gasteiger partial charge in [0.1, 0.15) is 0 Å². The molecule has 0 amide bonds. The maximum atomic E-state index is 3.74. The fourth-order valence-electron chi connectivity index (χ4n) is 1.15. The largest absolute Gasteiger partial charge is 0.103 e. The molecule has 0 aliphatic heterocycles. The Morgan fingerprint density at radius 1 is 1.36 bits per heavy atom. The van der Waals surface area contributed by atoms with E-state index in [2.05, 4.69) is 26.5 Å². The highest BCUT2D eigenvalue weighted by Crippen LogP contribution is 2.12. The third-order valence-corrected chi connectivity index (χ3v) is 1.92. The molecule has 0 atom stereocenters. The van der Waals surface area contributed by atoms with Crippen LogP contribution in [0, 0.1) is 0 Å². The molecule has 0 unspecified atom stereocenters. The van der Waals surface area contributed by atoms with Crippen molar-refractivity contribution >= 4 is 0 Å². The molecule has 0 bridgehead atoms. The molecule has 0 aromatic carbocycles. The van der Waals surface area contributed by atoms with E-state index in [1.54, 1.807) is 0 Å². The van der Waals surface area contributed by atoms with Crippen LogP contribution in [0.15, 0.2) is 24.3 Å². The van der Waals surface area contributed by atoms with Crippen LogP contribution in [0.5, 0.6) is 0 Å². The van der Waals surface area contributed by atoms with Gasteiger partial charge in [-0.25, -0.2) is 0 Å². The van der Waals surface area contributed by atoms with Crippen molar-refractivity contribution in [3.8, 4) is 0 Å². The molecule has 0 aliphatic carbocycles. The van der Waals surface area contributed by atoms with Gasteiger partial charge in [0.05, 0.1) is 0 Å². The first-order chi connectivity index (χ1) is 5.35. The van der Waals surface area contributed by atoms with Crippen LogP contribution in [0.3, 0.4) is 0 Å². The van der Waals surface area contributed by atoms with E-state index in [0.29, 0.717) is 0 Å². The summed E-state index contributed by atoms with van der Waals surface area (Å²) < 4.78 is 0. The van der Waals surface area contributed by atoms with E-state index in [1.165, 1.54) is 31.3 Å². The maximum Gasteiger partial charge on any atom is -0.0142 e. The van der Waals surface area contributed by atoms with Gasteiger partial charge in [0.2, 0.25) is 0 Å². The van der Waals surface area contributed by atoms with Gasteiger partial charge >= 0.3 is 0 Å². The molecule has 0 N–H and O–H groups in total. The van der Waals surface area contributed by atoms with E-state index in [0.717, 1.165) is 6.42 Å². The molecule has 0 fully saturated rings. The normalized spacial score (nSPS) is 11.6. The fraction of sp³-hybridized carbons (Fsp3) is 0.636. The zero-order valence-corrected chi connectivity index (χ0v) is 7.90.